The predicted molar refractivity (Wildman–Crippen MR) is 84.5 cm³/mol. The Kier molecular flexibility index (Phi) is 3.64. The van der Waals surface area contributed by atoms with Crippen molar-refractivity contribution >= 4 is 28.8 Å². The zero-order chi connectivity index (χ0) is 14.5. The number of nitrogens with one attached hydrogen (secondary N) is 3. The summed E-state index contributed by atoms with van der Waals surface area (Å²) in [5, 5.41) is 7.70. The van der Waals surface area contributed by atoms with Crippen molar-refractivity contribution in [1.29, 1.82) is 0 Å². The summed E-state index contributed by atoms with van der Waals surface area (Å²) < 4.78 is 0. The molecule has 2 aromatic carbocycles. The molecule has 0 aliphatic rings. The first-order valence-corrected chi connectivity index (χ1v) is 6.54. The van der Waals surface area contributed by atoms with Crippen LogP contribution in [0.2, 0.25) is 0 Å². The van der Waals surface area contributed by atoms with Gasteiger partial charge in [-0.3, -0.25) is 0 Å². The molecule has 21 heavy (non-hydrogen) atoms. The average molecular weight is 278 g/mol. The van der Waals surface area contributed by atoms with Crippen LogP contribution >= 0.6 is 0 Å². The molecule has 0 radical (unpaired) electrons. The molecule has 1 heterocycles. The van der Waals surface area contributed by atoms with Gasteiger partial charge in [0.15, 0.2) is 0 Å². The molecule has 5 heteroatoms. The van der Waals surface area contributed by atoms with Gasteiger partial charge < -0.3 is 10.3 Å². The number of hydrazone groups is 1. The number of carbonyl (C=O) groups is 1. The van der Waals surface area contributed by atoms with E-state index in [4.69, 9.17) is 0 Å². The largest absolute Gasteiger partial charge is 0.361 e. The van der Waals surface area contributed by atoms with E-state index in [0.717, 1.165) is 22.2 Å². The molecule has 5 nitrogen and oxygen atoms in total. The Morgan fingerprint density at radius 2 is 1.81 bits per heavy atom. The first-order chi connectivity index (χ1) is 10.3. The molecule has 0 spiro atoms. The quantitative estimate of drug-likeness (QED) is 0.499. The van der Waals surface area contributed by atoms with Crippen molar-refractivity contribution < 1.29 is 4.79 Å². The van der Waals surface area contributed by atoms with Gasteiger partial charge in [-0.05, 0) is 18.2 Å². The monoisotopic (exact) mass is 278 g/mol. The smallest absolute Gasteiger partial charge is 0.339 e. The van der Waals surface area contributed by atoms with Crippen LogP contribution in [-0.2, 0) is 0 Å². The number of hydrogen-bond donors (Lipinski definition) is 3. The van der Waals surface area contributed by atoms with Crippen LogP contribution in [0.25, 0.3) is 10.9 Å². The van der Waals surface area contributed by atoms with Crippen LogP contribution < -0.4 is 10.7 Å². The number of anilines is 1. The molecule has 0 atom stereocenters. The highest BCUT2D eigenvalue weighted by Crippen LogP contribution is 2.15. The number of hydrogen-bond acceptors (Lipinski definition) is 2. The Morgan fingerprint density at radius 3 is 2.67 bits per heavy atom. The van der Waals surface area contributed by atoms with Crippen LogP contribution in [0, 0.1) is 0 Å². The van der Waals surface area contributed by atoms with E-state index >= 15 is 0 Å². The summed E-state index contributed by atoms with van der Waals surface area (Å²) >= 11 is 0. The summed E-state index contributed by atoms with van der Waals surface area (Å²) in [6.45, 7) is 0. The van der Waals surface area contributed by atoms with Crippen LogP contribution in [0.15, 0.2) is 65.9 Å². The molecule has 0 saturated heterocycles. The second-order valence-corrected chi connectivity index (χ2v) is 4.48. The summed E-state index contributed by atoms with van der Waals surface area (Å²) in [6, 6.07) is 16.7. The number of benzene rings is 2. The Bertz CT molecular complexity index is 777. The van der Waals surface area contributed by atoms with Crippen LogP contribution in [0.4, 0.5) is 10.5 Å². The molecule has 3 aromatic rings. The Morgan fingerprint density at radius 1 is 1.05 bits per heavy atom. The van der Waals surface area contributed by atoms with E-state index < -0.39 is 0 Å². The lowest BCUT2D eigenvalue weighted by Crippen LogP contribution is -2.24. The Labute approximate surface area is 121 Å². The minimum Gasteiger partial charge on any atom is -0.361 e. The topological polar surface area (TPSA) is 69.3 Å². The second kappa shape index (κ2) is 5.92. The number of nitrogens with zero attached hydrogens (tertiary/aromatic N) is 1. The number of carbonyl (C=O) groups excluding carboxylic acids is 1. The van der Waals surface area contributed by atoms with Crippen molar-refractivity contribution in [2.75, 3.05) is 5.32 Å². The van der Waals surface area contributed by atoms with Gasteiger partial charge in [-0.1, -0.05) is 36.4 Å². The minimum atomic E-state index is -0.378. The third-order valence-electron chi connectivity index (χ3n) is 3.02. The molecule has 2 amide bonds. The van der Waals surface area contributed by atoms with Crippen molar-refractivity contribution in [2.45, 2.75) is 0 Å². The Balaban J connectivity index is 1.63. The van der Waals surface area contributed by atoms with Crippen molar-refractivity contribution in [3.63, 3.8) is 0 Å². The van der Waals surface area contributed by atoms with Crippen molar-refractivity contribution in [1.82, 2.24) is 10.4 Å². The van der Waals surface area contributed by atoms with Gasteiger partial charge in [0.25, 0.3) is 0 Å². The summed E-state index contributed by atoms with van der Waals surface area (Å²) in [6.07, 6.45) is 3.47. The molecule has 0 aliphatic heterocycles. The number of amides is 2. The minimum absolute atomic E-state index is 0.378. The third-order valence-corrected chi connectivity index (χ3v) is 3.02. The maximum atomic E-state index is 11.7. The fourth-order valence-corrected chi connectivity index (χ4v) is 2.04. The molecule has 0 aliphatic carbocycles. The highest BCUT2D eigenvalue weighted by atomic mass is 16.2. The van der Waals surface area contributed by atoms with Crippen LogP contribution in [0.1, 0.15) is 5.56 Å². The lowest BCUT2D eigenvalue weighted by Gasteiger charge is -2.02. The van der Waals surface area contributed by atoms with Crippen molar-refractivity contribution in [2.24, 2.45) is 5.10 Å². The number of fused-ring (bicyclic) bond motifs is 1. The van der Waals surface area contributed by atoms with Gasteiger partial charge >= 0.3 is 6.03 Å². The van der Waals surface area contributed by atoms with Gasteiger partial charge in [-0.2, -0.15) is 5.10 Å². The van der Waals surface area contributed by atoms with Gasteiger partial charge in [0.1, 0.15) is 0 Å². The third kappa shape index (κ3) is 3.09. The number of urea groups is 1. The fraction of sp³-hybridized carbons (Fsp3) is 0. The lowest BCUT2D eigenvalue weighted by atomic mass is 10.2. The number of rotatable bonds is 3. The lowest BCUT2D eigenvalue weighted by molar-refractivity contribution is 0.252. The molecule has 3 rings (SSSR count). The van der Waals surface area contributed by atoms with E-state index in [1.165, 1.54) is 0 Å². The predicted octanol–water partition coefficient (Wildman–Crippen LogP) is 3.32. The molecule has 1 aromatic heterocycles. The maximum absolute atomic E-state index is 11.7. The zero-order valence-corrected chi connectivity index (χ0v) is 11.2. The van der Waals surface area contributed by atoms with E-state index in [9.17, 15) is 4.79 Å². The van der Waals surface area contributed by atoms with Gasteiger partial charge in [0.2, 0.25) is 0 Å². The van der Waals surface area contributed by atoms with E-state index in [1.807, 2.05) is 60.8 Å². The molecule has 104 valence electrons. The van der Waals surface area contributed by atoms with Crippen molar-refractivity contribution in [3.8, 4) is 0 Å². The van der Waals surface area contributed by atoms with Gasteiger partial charge in [0.05, 0.1) is 6.21 Å². The zero-order valence-electron chi connectivity index (χ0n) is 11.2. The van der Waals surface area contributed by atoms with Crippen LogP contribution in [0.5, 0.6) is 0 Å². The second-order valence-electron chi connectivity index (χ2n) is 4.48. The van der Waals surface area contributed by atoms with Crippen LogP contribution in [0.3, 0.4) is 0 Å². The first kappa shape index (κ1) is 12.9. The number of aromatic nitrogens is 1. The fourth-order valence-electron chi connectivity index (χ4n) is 2.04. The highest BCUT2D eigenvalue weighted by molar-refractivity contribution is 5.99. The molecule has 0 unspecified atom stereocenters. The highest BCUT2D eigenvalue weighted by Gasteiger charge is 2.01. The molecule has 0 fully saturated rings. The number of aromatic amines is 1. The first-order valence-electron chi connectivity index (χ1n) is 6.54. The molecule has 3 N–H and O–H groups in total. The van der Waals surface area contributed by atoms with E-state index in [-0.39, 0.29) is 6.03 Å². The van der Waals surface area contributed by atoms with Crippen molar-refractivity contribution in [3.05, 3.63) is 66.4 Å². The van der Waals surface area contributed by atoms with E-state index in [0.29, 0.717) is 0 Å². The standard InChI is InChI=1S/C16H14N4O/c21-16(19-13-6-2-1-3-7-13)20-18-11-12-10-17-15-9-5-4-8-14(12)15/h1-11,17H,(H2,19,20,21)/b18-11+. The summed E-state index contributed by atoms with van der Waals surface area (Å²) in [5.74, 6) is 0. The summed E-state index contributed by atoms with van der Waals surface area (Å²) in [5.41, 5.74) is 5.12. The molecular formula is C16H14N4O. The van der Waals surface area contributed by atoms with E-state index in [2.05, 4.69) is 20.8 Å². The van der Waals surface area contributed by atoms with Crippen LogP contribution in [-0.4, -0.2) is 17.2 Å². The normalized spacial score (nSPS) is 10.9. The number of para-hydroxylation sites is 2. The molecule has 0 saturated carbocycles. The molecular weight excluding hydrogens is 264 g/mol. The van der Waals surface area contributed by atoms with E-state index in [1.54, 1.807) is 6.21 Å². The SMILES string of the molecule is O=C(N/N=C/c1c[nH]c2ccccc12)Nc1ccccc1. The summed E-state index contributed by atoms with van der Waals surface area (Å²) in [4.78, 5) is 14.8. The maximum Gasteiger partial charge on any atom is 0.339 e. The van der Waals surface area contributed by atoms with Gasteiger partial charge in [-0.15, -0.1) is 0 Å². The average Bonchev–Trinajstić information content (AvgIpc) is 2.92. The number of H-pyrrole nitrogens is 1. The van der Waals surface area contributed by atoms with Gasteiger partial charge in [-0.25, -0.2) is 10.2 Å². The van der Waals surface area contributed by atoms with Gasteiger partial charge in [0, 0.05) is 28.4 Å². The Hall–Kier alpha value is -3.08. The summed E-state index contributed by atoms with van der Waals surface area (Å²) in [7, 11) is 0. The molecule has 0 bridgehead atoms.